The molecular formula is C17H12Br2O4. The lowest BCUT2D eigenvalue weighted by Crippen LogP contribution is -2.06. The maximum Gasteiger partial charge on any atom is 0.197 e. The predicted octanol–water partition coefficient (Wildman–Crippen LogP) is 4.95. The van der Waals surface area contributed by atoms with Gasteiger partial charge in [-0.1, -0.05) is 18.2 Å². The molecule has 1 aromatic heterocycles. The highest BCUT2D eigenvalue weighted by Gasteiger charge is 2.25. The van der Waals surface area contributed by atoms with E-state index >= 15 is 0 Å². The van der Waals surface area contributed by atoms with Gasteiger partial charge in [-0.25, -0.2) is 0 Å². The van der Waals surface area contributed by atoms with Gasteiger partial charge in [0.05, 0.1) is 15.9 Å². The lowest BCUT2D eigenvalue weighted by molar-refractivity contribution is 0.102. The quantitative estimate of drug-likeness (QED) is 0.565. The molecule has 1 unspecified atom stereocenters. The zero-order valence-corrected chi connectivity index (χ0v) is 15.1. The number of furan rings is 1. The van der Waals surface area contributed by atoms with E-state index < -0.39 is 11.9 Å². The minimum absolute atomic E-state index is 0.0833. The summed E-state index contributed by atoms with van der Waals surface area (Å²) < 4.78 is 14.1. The number of hydrogen-bond donors (Lipinski definition) is 2. The van der Waals surface area contributed by atoms with Crippen LogP contribution in [0, 0.1) is 0 Å². The number of rotatable bonds is 3. The van der Waals surface area contributed by atoms with Crippen molar-refractivity contribution >= 4 is 48.6 Å². The molecule has 3 aromatic rings. The van der Waals surface area contributed by atoms with Gasteiger partial charge in [-0.2, -0.15) is 0 Å². The smallest absolute Gasteiger partial charge is 0.197 e. The van der Waals surface area contributed by atoms with Gasteiger partial charge in [0.2, 0.25) is 0 Å². The van der Waals surface area contributed by atoms with E-state index in [0.29, 0.717) is 15.4 Å². The highest BCUT2D eigenvalue weighted by Crippen LogP contribution is 2.36. The molecule has 1 heterocycles. The van der Waals surface area contributed by atoms with Gasteiger partial charge in [0, 0.05) is 10.9 Å². The Morgan fingerprint density at radius 1 is 1.30 bits per heavy atom. The molecule has 2 aromatic carbocycles. The molecule has 6 heteroatoms. The minimum Gasteiger partial charge on any atom is -0.506 e. The Kier molecular flexibility index (Phi) is 3.97. The molecule has 23 heavy (non-hydrogen) atoms. The molecule has 0 bridgehead atoms. The van der Waals surface area contributed by atoms with Gasteiger partial charge >= 0.3 is 0 Å². The molecule has 0 saturated carbocycles. The number of hydrogen-bond acceptors (Lipinski definition) is 4. The summed E-state index contributed by atoms with van der Waals surface area (Å²) in [6.45, 7) is 1.51. The maximum atomic E-state index is 13.1. The standard InChI is InChI=1S/C17H12Br2O4/c1-8(20)17-14(10-4-2-3-5-13(10)23-17)15(21)9-6-11(18)16(22)12(19)7-9/h2-8,20,22H,1H3/i6D. The molecule has 0 fully saturated rings. The van der Waals surface area contributed by atoms with Crippen molar-refractivity contribution in [3.8, 4) is 5.75 Å². The molecule has 3 rings (SSSR count). The molecule has 0 aliphatic heterocycles. The number of phenols is 1. The molecule has 4 nitrogen and oxygen atoms in total. The van der Waals surface area contributed by atoms with Crippen LogP contribution in [0.5, 0.6) is 5.75 Å². The molecule has 0 spiro atoms. The van der Waals surface area contributed by atoms with Crippen molar-refractivity contribution in [1.29, 1.82) is 0 Å². The molecule has 0 amide bonds. The van der Waals surface area contributed by atoms with Crippen molar-refractivity contribution in [3.63, 3.8) is 0 Å². The fraction of sp³-hybridized carbons (Fsp3) is 0.118. The number of para-hydroxylation sites is 1. The first kappa shape index (κ1) is 14.9. The van der Waals surface area contributed by atoms with Gasteiger partial charge in [-0.3, -0.25) is 4.79 Å². The van der Waals surface area contributed by atoms with Crippen LogP contribution < -0.4 is 0 Å². The summed E-state index contributed by atoms with van der Waals surface area (Å²) in [6.07, 6.45) is -0.977. The Balaban J connectivity index is 2.29. The van der Waals surface area contributed by atoms with E-state index in [2.05, 4.69) is 31.9 Å². The molecule has 0 saturated heterocycles. The number of aromatic hydroxyl groups is 1. The first-order valence-corrected chi connectivity index (χ1v) is 8.33. The fourth-order valence-electron chi connectivity index (χ4n) is 2.36. The van der Waals surface area contributed by atoms with Crippen LogP contribution >= 0.6 is 31.9 Å². The van der Waals surface area contributed by atoms with E-state index in [-0.39, 0.29) is 33.2 Å². The summed E-state index contributed by atoms with van der Waals surface area (Å²) >= 11 is 6.29. The SMILES string of the molecule is [2H]c1c(C(=O)c2c(C(C)O)oc3ccccc23)cc(Br)c(O)c1Br. The van der Waals surface area contributed by atoms with Gasteiger partial charge in [0.25, 0.3) is 0 Å². The second kappa shape index (κ2) is 6.11. The van der Waals surface area contributed by atoms with Crippen LogP contribution in [0.1, 0.15) is 36.1 Å². The van der Waals surface area contributed by atoms with Crippen LogP contribution in [-0.4, -0.2) is 16.0 Å². The summed E-state index contributed by atoms with van der Waals surface area (Å²) in [5.74, 6) is -0.451. The predicted molar refractivity (Wildman–Crippen MR) is 93.8 cm³/mol. The molecule has 1 atom stereocenters. The summed E-state index contributed by atoms with van der Waals surface area (Å²) in [4.78, 5) is 13.1. The number of aliphatic hydroxyl groups excluding tert-OH is 1. The van der Waals surface area contributed by atoms with Crippen LogP contribution in [0.2, 0.25) is 0 Å². The number of halogens is 2. The molecule has 118 valence electrons. The van der Waals surface area contributed by atoms with Gasteiger partial charge in [0.15, 0.2) is 5.78 Å². The van der Waals surface area contributed by atoms with E-state index in [0.717, 1.165) is 0 Å². The molecule has 0 aliphatic rings. The zero-order valence-electron chi connectivity index (χ0n) is 12.9. The third kappa shape index (κ3) is 2.82. The van der Waals surface area contributed by atoms with E-state index in [1.807, 2.05) is 0 Å². The van der Waals surface area contributed by atoms with Crippen LogP contribution in [0.4, 0.5) is 0 Å². The number of carbonyl (C=O) groups is 1. The van der Waals surface area contributed by atoms with Crippen LogP contribution in [0.15, 0.2) is 49.7 Å². The summed E-state index contributed by atoms with van der Waals surface area (Å²) in [6, 6.07) is 8.23. The van der Waals surface area contributed by atoms with Crippen LogP contribution in [0.3, 0.4) is 0 Å². The number of ketones is 1. The lowest BCUT2D eigenvalue weighted by Gasteiger charge is -2.07. The Morgan fingerprint density at radius 2 is 2.00 bits per heavy atom. The minimum atomic E-state index is -0.977. The van der Waals surface area contributed by atoms with Crippen molar-refractivity contribution < 1.29 is 20.8 Å². The van der Waals surface area contributed by atoms with Crippen molar-refractivity contribution in [2.45, 2.75) is 13.0 Å². The van der Waals surface area contributed by atoms with Crippen LogP contribution in [-0.2, 0) is 0 Å². The van der Waals surface area contributed by atoms with Crippen molar-refractivity contribution in [3.05, 3.63) is 62.2 Å². The Hall–Kier alpha value is -1.63. The monoisotopic (exact) mass is 439 g/mol. The topological polar surface area (TPSA) is 70.7 Å². The number of benzene rings is 2. The third-order valence-corrected chi connectivity index (χ3v) is 4.60. The number of phenolic OH excluding ortho intramolecular Hbond substituents is 1. The normalized spacial score (nSPS) is 13.1. The molecule has 0 radical (unpaired) electrons. The maximum absolute atomic E-state index is 13.1. The van der Waals surface area contributed by atoms with Gasteiger partial charge in [0.1, 0.15) is 23.2 Å². The van der Waals surface area contributed by atoms with Gasteiger partial charge < -0.3 is 14.6 Å². The Labute approximate surface area is 150 Å². The third-order valence-electron chi connectivity index (χ3n) is 3.42. The highest BCUT2D eigenvalue weighted by molar-refractivity contribution is 9.11. The average molecular weight is 441 g/mol. The lowest BCUT2D eigenvalue weighted by atomic mass is 9.98. The van der Waals surface area contributed by atoms with E-state index in [4.69, 9.17) is 5.79 Å². The number of aliphatic hydroxyl groups is 1. The molecule has 0 aliphatic carbocycles. The number of carbonyl (C=O) groups excluding carboxylic acids is 1. The molecular weight excluding hydrogens is 428 g/mol. The van der Waals surface area contributed by atoms with E-state index in [9.17, 15) is 15.0 Å². The highest BCUT2D eigenvalue weighted by atomic mass is 79.9. The second-order valence-electron chi connectivity index (χ2n) is 5.04. The van der Waals surface area contributed by atoms with Crippen molar-refractivity contribution in [2.24, 2.45) is 0 Å². The Morgan fingerprint density at radius 3 is 2.70 bits per heavy atom. The van der Waals surface area contributed by atoms with Gasteiger partial charge in [-0.05, 0) is 57.0 Å². The van der Waals surface area contributed by atoms with E-state index in [1.165, 1.54) is 13.0 Å². The van der Waals surface area contributed by atoms with Gasteiger partial charge in [-0.15, -0.1) is 0 Å². The summed E-state index contributed by atoms with van der Waals surface area (Å²) in [7, 11) is 0. The Bertz CT molecular complexity index is 963. The van der Waals surface area contributed by atoms with Crippen molar-refractivity contribution in [1.82, 2.24) is 0 Å². The average Bonchev–Trinajstić information content (AvgIpc) is 2.95. The van der Waals surface area contributed by atoms with E-state index in [1.54, 1.807) is 24.3 Å². The molecule has 2 N–H and O–H groups in total. The zero-order chi connectivity index (χ0) is 17.6. The summed E-state index contributed by atoms with van der Waals surface area (Å²) in [5.41, 5.74) is 0.791. The summed E-state index contributed by atoms with van der Waals surface area (Å²) in [5, 5.41) is 20.4. The van der Waals surface area contributed by atoms with Crippen LogP contribution in [0.25, 0.3) is 11.0 Å². The largest absolute Gasteiger partial charge is 0.506 e. The number of fused-ring (bicyclic) bond motifs is 1. The first-order valence-electron chi connectivity index (χ1n) is 7.24. The fourth-order valence-corrected chi connectivity index (χ4v) is 3.48. The first-order chi connectivity index (χ1) is 11.3. The second-order valence-corrected chi connectivity index (χ2v) is 6.68. The van der Waals surface area contributed by atoms with Crippen molar-refractivity contribution in [2.75, 3.05) is 0 Å².